The Morgan fingerprint density at radius 3 is 2.24 bits per heavy atom. The second-order valence-corrected chi connectivity index (χ2v) is 11.0. The number of pyridine rings is 1. The lowest BCUT2D eigenvalue weighted by molar-refractivity contribution is 0.0699. The summed E-state index contributed by atoms with van der Waals surface area (Å²) in [6.07, 6.45) is 3.41. The first-order valence-electron chi connectivity index (χ1n) is 12.2. The summed E-state index contributed by atoms with van der Waals surface area (Å²) in [4.78, 5) is 29.8. The van der Waals surface area contributed by atoms with E-state index < -0.39 is 16.0 Å². The SMILES string of the molecule is Cc1cc(C)c(S(=O)(=O)Nc2ccc3nc(N4CCN(c5ncccn5)CC4)cc(C(=O)O)c3c2)cc1C. The molecule has 38 heavy (non-hydrogen) atoms. The van der Waals surface area contributed by atoms with E-state index in [0.717, 1.165) is 11.1 Å². The number of fused-ring (bicyclic) bond motifs is 1. The van der Waals surface area contributed by atoms with Gasteiger partial charge in [0.15, 0.2) is 0 Å². The van der Waals surface area contributed by atoms with Gasteiger partial charge in [-0.05, 0) is 73.9 Å². The van der Waals surface area contributed by atoms with E-state index in [1.165, 1.54) is 6.07 Å². The molecule has 0 spiro atoms. The highest BCUT2D eigenvalue weighted by Crippen LogP contribution is 2.29. The minimum atomic E-state index is -3.88. The van der Waals surface area contributed by atoms with Crippen molar-refractivity contribution in [1.82, 2.24) is 15.0 Å². The molecule has 11 heteroatoms. The van der Waals surface area contributed by atoms with Crippen molar-refractivity contribution >= 4 is 44.3 Å². The second kappa shape index (κ2) is 9.90. The van der Waals surface area contributed by atoms with Gasteiger partial charge in [0.05, 0.1) is 16.0 Å². The molecule has 0 aliphatic carbocycles. The van der Waals surface area contributed by atoms with Crippen LogP contribution >= 0.6 is 0 Å². The zero-order chi connectivity index (χ0) is 27.0. The molecule has 196 valence electrons. The highest BCUT2D eigenvalue weighted by molar-refractivity contribution is 7.92. The van der Waals surface area contributed by atoms with E-state index in [1.807, 2.05) is 24.8 Å². The standard InChI is InChI=1S/C27H28N6O4S/c1-17-13-19(3)24(14-18(17)2)38(36,37)31-20-5-6-23-21(15-20)22(26(34)35)16-25(30-23)32-9-11-33(12-10-32)27-28-7-4-8-29-27/h4-8,13-16,31H,9-12H2,1-3H3,(H,34,35). The average Bonchev–Trinajstić information content (AvgIpc) is 2.90. The van der Waals surface area contributed by atoms with Crippen LogP contribution in [0.25, 0.3) is 10.9 Å². The molecule has 2 aromatic carbocycles. The Morgan fingerprint density at radius 2 is 1.55 bits per heavy atom. The second-order valence-electron chi connectivity index (χ2n) is 9.40. The normalized spacial score (nSPS) is 14.1. The molecule has 1 aliphatic rings. The molecule has 1 saturated heterocycles. The van der Waals surface area contributed by atoms with Crippen molar-refractivity contribution in [3.05, 3.63) is 77.1 Å². The first kappa shape index (κ1) is 25.4. The van der Waals surface area contributed by atoms with Crippen molar-refractivity contribution in [3.8, 4) is 0 Å². The van der Waals surface area contributed by atoms with Gasteiger partial charge in [-0.3, -0.25) is 4.72 Å². The van der Waals surface area contributed by atoms with Crippen molar-refractivity contribution < 1.29 is 18.3 Å². The van der Waals surface area contributed by atoms with Crippen LogP contribution in [0.4, 0.5) is 17.5 Å². The summed E-state index contributed by atoms with van der Waals surface area (Å²) in [5.74, 6) is 0.110. The van der Waals surface area contributed by atoms with Gasteiger partial charge in [-0.1, -0.05) is 6.07 Å². The fourth-order valence-corrected chi connectivity index (χ4v) is 6.00. The maximum absolute atomic E-state index is 13.2. The number of sulfonamides is 1. The molecular weight excluding hydrogens is 504 g/mol. The molecule has 0 amide bonds. The average molecular weight is 533 g/mol. The Bertz CT molecular complexity index is 1630. The number of anilines is 3. The maximum Gasteiger partial charge on any atom is 0.336 e. The van der Waals surface area contributed by atoms with E-state index in [-0.39, 0.29) is 16.1 Å². The summed E-state index contributed by atoms with van der Waals surface area (Å²) in [7, 11) is -3.88. The molecule has 0 unspecified atom stereocenters. The molecule has 0 bridgehead atoms. The molecule has 4 aromatic rings. The molecule has 2 N–H and O–H groups in total. The van der Waals surface area contributed by atoms with Gasteiger partial charge in [0.1, 0.15) is 5.82 Å². The van der Waals surface area contributed by atoms with Gasteiger partial charge in [-0.25, -0.2) is 28.2 Å². The fourth-order valence-electron chi connectivity index (χ4n) is 4.64. The summed E-state index contributed by atoms with van der Waals surface area (Å²) in [6.45, 7) is 8.15. The Morgan fingerprint density at radius 1 is 0.895 bits per heavy atom. The topological polar surface area (TPSA) is 129 Å². The third kappa shape index (κ3) is 4.97. The zero-order valence-electron chi connectivity index (χ0n) is 21.3. The van der Waals surface area contributed by atoms with Crippen molar-refractivity contribution in [2.45, 2.75) is 25.7 Å². The van der Waals surface area contributed by atoms with Crippen LogP contribution in [0.5, 0.6) is 0 Å². The van der Waals surface area contributed by atoms with E-state index in [4.69, 9.17) is 4.98 Å². The number of rotatable bonds is 6. The largest absolute Gasteiger partial charge is 0.478 e. The highest BCUT2D eigenvalue weighted by Gasteiger charge is 2.23. The Hall–Kier alpha value is -4.25. The molecule has 0 radical (unpaired) electrons. The molecular formula is C27H28N6O4S. The number of carboxylic acid groups (broad SMARTS) is 1. The van der Waals surface area contributed by atoms with E-state index in [0.29, 0.717) is 54.4 Å². The van der Waals surface area contributed by atoms with E-state index in [2.05, 4.69) is 19.6 Å². The molecule has 10 nitrogen and oxygen atoms in total. The van der Waals surface area contributed by atoms with Crippen LogP contribution in [0.3, 0.4) is 0 Å². The number of carbonyl (C=O) groups is 1. The fraction of sp³-hybridized carbons (Fsp3) is 0.259. The van der Waals surface area contributed by atoms with Crippen molar-refractivity contribution in [2.24, 2.45) is 0 Å². The predicted octanol–water partition coefficient (Wildman–Crippen LogP) is 3.78. The van der Waals surface area contributed by atoms with Crippen molar-refractivity contribution in [1.29, 1.82) is 0 Å². The van der Waals surface area contributed by atoms with Gasteiger partial charge in [-0.2, -0.15) is 0 Å². The number of benzene rings is 2. The molecule has 1 fully saturated rings. The summed E-state index contributed by atoms with van der Waals surface area (Å²) in [5.41, 5.74) is 3.31. The monoisotopic (exact) mass is 532 g/mol. The molecule has 3 heterocycles. The summed E-state index contributed by atoms with van der Waals surface area (Å²) < 4.78 is 28.9. The minimum Gasteiger partial charge on any atom is -0.478 e. The molecule has 2 aromatic heterocycles. The van der Waals surface area contributed by atoms with Gasteiger partial charge in [0.25, 0.3) is 10.0 Å². The van der Waals surface area contributed by atoms with Crippen LogP contribution in [0.2, 0.25) is 0 Å². The molecule has 0 atom stereocenters. The van der Waals surface area contributed by atoms with Gasteiger partial charge in [0.2, 0.25) is 5.95 Å². The number of aromatic carboxylic acids is 1. The van der Waals surface area contributed by atoms with Crippen LogP contribution in [-0.2, 0) is 10.0 Å². The number of piperazine rings is 1. The lowest BCUT2D eigenvalue weighted by atomic mass is 10.1. The number of hydrogen-bond donors (Lipinski definition) is 2. The lowest BCUT2D eigenvalue weighted by Crippen LogP contribution is -2.47. The Balaban J connectivity index is 1.43. The number of carboxylic acids is 1. The van der Waals surface area contributed by atoms with Crippen LogP contribution in [0.1, 0.15) is 27.0 Å². The van der Waals surface area contributed by atoms with Gasteiger partial charge in [-0.15, -0.1) is 0 Å². The number of nitrogens with one attached hydrogen (secondary N) is 1. The number of hydrogen-bond acceptors (Lipinski definition) is 8. The third-order valence-corrected chi connectivity index (χ3v) is 8.32. The van der Waals surface area contributed by atoms with Crippen molar-refractivity contribution in [2.75, 3.05) is 40.7 Å². The molecule has 1 aliphatic heterocycles. The number of nitrogens with zero attached hydrogens (tertiary/aromatic N) is 5. The highest BCUT2D eigenvalue weighted by atomic mass is 32.2. The Labute approximate surface area is 221 Å². The van der Waals surface area contributed by atoms with Crippen LogP contribution in [-0.4, -0.2) is 60.6 Å². The van der Waals surface area contributed by atoms with E-state index >= 15 is 0 Å². The maximum atomic E-state index is 13.2. The van der Waals surface area contributed by atoms with Crippen LogP contribution in [0, 0.1) is 20.8 Å². The first-order chi connectivity index (χ1) is 18.1. The summed E-state index contributed by atoms with van der Waals surface area (Å²) >= 11 is 0. The van der Waals surface area contributed by atoms with Gasteiger partial charge < -0.3 is 14.9 Å². The third-order valence-electron chi connectivity index (χ3n) is 6.80. The van der Waals surface area contributed by atoms with Crippen molar-refractivity contribution in [3.63, 3.8) is 0 Å². The Kier molecular flexibility index (Phi) is 6.62. The smallest absolute Gasteiger partial charge is 0.336 e. The first-order valence-corrected chi connectivity index (χ1v) is 13.7. The predicted molar refractivity (Wildman–Crippen MR) is 147 cm³/mol. The van der Waals surface area contributed by atoms with Gasteiger partial charge >= 0.3 is 5.97 Å². The summed E-state index contributed by atoms with van der Waals surface area (Å²) in [5, 5.41) is 10.3. The lowest BCUT2D eigenvalue weighted by Gasteiger charge is -2.35. The van der Waals surface area contributed by atoms with E-state index in [1.54, 1.807) is 49.6 Å². The summed E-state index contributed by atoms with van der Waals surface area (Å²) in [6, 6.07) is 11.6. The van der Waals surface area contributed by atoms with Gasteiger partial charge in [0, 0.05) is 49.6 Å². The zero-order valence-corrected chi connectivity index (χ0v) is 22.2. The quantitative estimate of drug-likeness (QED) is 0.381. The molecule has 5 rings (SSSR count). The molecule has 0 saturated carbocycles. The van der Waals surface area contributed by atoms with Crippen LogP contribution < -0.4 is 14.5 Å². The number of aromatic nitrogens is 3. The van der Waals surface area contributed by atoms with Crippen LogP contribution in [0.15, 0.2) is 59.8 Å². The van der Waals surface area contributed by atoms with E-state index in [9.17, 15) is 18.3 Å². The number of aryl methyl sites for hydroxylation is 3. The minimum absolute atomic E-state index is 0.0576.